The van der Waals surface area contributed by atoms with E-state index in [4.69, 9.17) is 14.2 Å². The molecule has 0 aromatic heterocycles. The van der Waals surface area contributed by atoms with Crippen LogP contribution in [0.3, 0.4) is 0 Å². The second kappa shape index (κ2) is 5.40. The second-order valence-electron chi connectivity index (χ2n) is 4.51. The van der Waals surface area contributed by atoms with Crippen molar-refractivity contribution in [3.8, 4) is 11.5 Å². The van der Waals surface area contributed by atoms with Gasteiger partial charge in [0.1, 0.15) is 11.5 Å². The minimum absolute atomic E-state index is 0.0673. The minimum atomic E-state index is -0.0673. The largest absolute Gasteiger partial charge is 0.497 e. The normalized spacial score (nSPS) is 22.8. The number of methoxy groups -OCH3 is 2. The molecule has 1 aliphatic rings. The van der Waals surface area contributed by atoms with Crippen molar-refractivity contribution in [2.75, 3.05) is 20.8 Å². The molecule has 0 spiro atoms. The first kappa shape index (κ1) is 12.9. The predicted octanol–water partition coefficient (Wildman–Crippen LogP) is 2.31. The van der Waals surface area contributed by atoms with Crippen LogP contribution in [0.5, 0.6) is 11.5 Å². The lowest BCUT2D eigenvalue weighted by Crippen LogP contribution is -2.15. The lowest BCUT2D eigenvalue weighted by molar-refractivity contribution is 0.0875. The molecule has 4 heteroatoms. The average Bonchev–Trinajstić information content (AvgIpc) is 2.83. The van der Waals surface area contributed by atoms with Gasteiger partial charge in [-0.3, -0.25) is 4.79 Å². The first-order valence-electron chi connectivity index (χ1n) is 6.03. The minimum Gasteiger partial charge on any atom is -0.497 e. The van der Waals surface area contributed by atoms with Crippen molar-refractivity contribution in [3.05, 3.63) is 23.8 Å². The topological polar surface area (TPSA) is 44.8 Å². The quantitative estimate of drug-likeness (QED) is 0.769. The Morgan fingerprint density at radius 2 is 2.11 bits per heavy atom. The van der Waals surface area contributed by atoms with Gasteiger partial charge in [0.25, 0.3) is 0 Å². The Bertz CT molecular complexity index is 441. The highest BCUT2D eigenvalue weighted by Gasteiger charge is 2.30. The Labute approximate surface area is 107 Å². The summed E-state index contributed by atoms with van der Waals surface area (Å²) in [5.41, 5.74) is 0.598. The molecule has 0 N–H and O–H groups in total. The zero-order chi connectivity index (χ0) is 13.1. The summed E-state index contributed by atoms with van der Waals surface area (Å²) >= 11 is 0. The van der Waals surface area contributed by atoms with Crippen molar-refractivity contribution < 1.29 is 19.0 Å². The summed E-state index contributed by atoms with van der Waals surface area (Å²) in [5, 5.41) is 0. The van der Waals surface area contributed by atoms with Crippen LogP contribution >= 0.6 is 0 Å². The van der Waals surface area contributed by atoms with Gasteiger partial charge in [-0.15, -0.1) is 0 Å². The number of Topliss-reactive ketones (excluding diaryl/α,β-unsaturated/α-hetero) is 1. The summed E-state index contributed by atoms with van der Waals surface area (Å²) in [6.07, 6.45) is 0.928. The van der Waals surface area contributed by atoms with Gasteiger partial charge in [-0.25, -0.2) is 0 Å². The van der Waals surface area contributed by atoms with Gasteiger partial charge in [-0.1, -0.05) is 0 Å². The van der Waals surface area contributed by atoms with Crippen LogP contribution < -0.4 is 9.47 Å². The Morgan fingerprint density at radius 1 is 1.33 bits per heavy atom. The van der Waals surface area contributed by atoms with Crippen LogP contribution in [0.25, 0.3) is 0 Å². The van der Waals surface area contributed by atoms with E-state index in [1.54, 1.807) is 32.4 Å². The molecule has 0 amide bonds. The molecule has 0 saturated carbocycles. The standard InChI is InChI=1S/C14H18O4/c1-9-6-10(8-18-9)14(15)12-5-4-11(16-2)7-13(12)17-3/h4-5,7,9-10H,6,8H2,1-3H3. The SMILES string of the molecule is COc1ccc(C(=O)C2COC(C)C2)c(OC)c1. The number of carbonyl (C=O) groups excluding carboxylic acids is 1. The maximum absolute atomic E-state index is 12.4. The third-order valence-electron chi connectivity index (χ3n) is 3.24. The summed E-state index contributed by atoms with van der Waals surface area (Å²) < 4.78 is 15.8. The number of ether oxygens (including phenoxy) is 3. The Balaban J connectivity index is 2.24. The van der Waals surface area contributed by atoms with Crippen molar-refractivity contribution in [1.82, 2.24) is 0 Å². The summed E-state index contributed by atoms with van der Waals surface area (Å²) in [5.74, 6) is 1.25. The average molecular weight is 250 g/mol. The number of ketones is 1. The molecule has 4 nitrogen and oxygen atoms in total. The molecule has 0 aliphatic carbocycles. The molecule has 1 aromatic rings. The highest BCUT2D eigenvalue weighted by atomic mass is 16.5. The molecule has 1 saturated heterocycles. The van der Waals surface area contributed by atoms with Gasteiger partial charge >= 0.3 is 0 Å². The fraction of sp³-hybridized carbons (Fsp3) is 0.500. The van der Waals surface area contributed by atoms with Crippen molar-refractivity contribution in [3.63, 3.8) is 0 Å². The molecular weight excluding hydrogens is 232 g/mol. The van der Waals surface area contributed by atoms with E-state index in [-0.39, 0.29) is 17.8 Å². The Morgan fingerprint density at radius 3 is 2.67 bits per heavy atom. The molecular formula is C14H18O4. The van der Waals surface area contributed by atoms with Crippen molar-refractivity contribution >= 4 is 5.78 Å². The number of carbonyl (C=O) groups is 1. The lowest BCUT2D eigenvalue weighted by Gasteiger charge is -2.12. The zero-order valence-electron chi connectivity index (χ0n) is 10.9. The lowest BCUT2D eigenvalue weighted by atomic mass is 9.95. The molecule has 0 bridgehead atoms. The van der Waals surface area contributed by atoms with E-state index >= 15 is 0 Å². The molecule has 2 unspecified atom stereocenters. The van der Waals surface area contributed by atoms with Crippen LogP contribution in [-0.2, 0) is 4.74 Å². The van der Waals surface area contributed by atoms with Gasteiger partial charge in [-0.2, -0.15) is 0 Å². The van der Waals surface area contributed by atoms with Crippen LogP contribution in [0.15, 0.2) is 18.2 Å². The van der Waals surface area contributed by atoms with Crippen LogP contribution in [0.4, 0.5) is 0 Å². The van der Waals surface area contributed by atoms with Gasteiger partial charge in [0, 0.05) is 12.0 Å². The maximum atomic E-state index is 12.4. The molecule has 0 radical (unpaired) electrons. The zero-order valence-corrected chi connectivity index (χ0v) is 10.9. The number of hydrogen-bond donors (Lipinski definition) is 0. The van der Waals surface area contributed by atoms with Crippen molar-refractivity contribution in [2.24, 2.45) is 5.92 Å². The fourth-order valence-electron chi connectivity index (χ4n) is 2.22. The highest BCUT2D eigenvalue weighted by molar-refractivity contribution is 6.00. The van der Waals surface area contributed by atoms with Crippen molar-refractivity contribution in [1.29, 1.82) is 0 Å². The maximum Gasteiger partial charge on any atom is 0.172 e. The van der Waals surface area contributed by atoms with E-state index in [2.05, 4.69) is 0 Å². The predicted molar refractivity (Wildman–Crippen MR) is 67.4 cm³/mol. The third kappa shape index (κ3) is 2.48. The van der Waals surface area contributed by atoms with Crippen LogP contribution in [-0.4, -0.2) is 32.7 Å². The molecule has 1 fully saturated rings. The second-order valence-corrected chi connectivity index (χ2v) is 4.51. The van der Waals surface area contributed by atoms with E-state index in [1.165, 1.54) is 0 Å². The van der Waals surface area contributed by atoms with Gasteiger partial charge in [-0.05, 0) is 25.5 Å². The van der Waals surface area contributed by atoms with Crippen LogP contribution in [0.2, 0.25) is 0 Å². The highest BCUT2D eigenvalue weighted by Crippen LogP contribution is 2.30. The fourth-order valence-corrected chi connectivity index (χ4v) is 2.22. The molecule has 18 heavy (non-hydrogen) atoms. The first-order chi connectivity index (χ1) is 8.65. The summed E-state index contributed by atoms with van der Waals surface area (Å²) in [6, 6.07) is 5.25. The van der Waals surface area contributed by atoms with E-state index in [0.29, 0.717) is 23.7 Å². The van der Waals surface area contributed by atoms with Gasteiger partial charge < -0.3 is 14.2 Å². The Hall–Kier alpha value is -1.55. The van der Waals surface area contributed by atoms with E-state index in [9.17, 15) is 4.79 Å². The van der Waals surface area contributed by atoms with Gasteiger partial charge in [0.15, 0.2) is 5.78 Å². The number of rotatable bonds is 4. The third-order valence-corrected chi connectivity index (χ3v) is 3.24. The van der Waals surface area contributed by atoms with E-state index in [0.717, 1.165) is 6.42 Å². The Kier molecular flexibility index (Phi) is 3.87. The van der Waals surface area contributed by atoms with Gasteiger partial charge in [0.05, 0.1) is 32.5 Å². The molecule has 98 valence electrons. The number of benzene rings is 1. The molecule has 2 rings (SSSR count). The monoisotopic (exact) mass is 250 g/mol. The van der Waals surface area contributed by atoms with Crippen LogP contribution in [0, 0.1) is 5.92 Å². The first-order valence-corrected chi connectivity index (χ1v) is 6.03. The van der Waals surface area contributed by atoms with Gasteiger partial charge in [0.2, 0.25) is 0 Å². The van der Waals surface area contributed by atoms with E-state index < -0.39 is 0 Å². The van der Waals surface area contributed by atoms with Crippen molar-refractivity contribution in [2.45, 2.75) is 19.4 Å². The van der Waals surface area contributed by atoms with Crippen LogP contribution in [0.1, 0.15) is 23.7 Å². The summed E-state index contributed by atoms with van der Waals surface area (Å²) in [7, 11) is 3.14. The summed E-state index contributed by atoms with van der Waals surface area (Å²) in [6.45, 7) is 2.48. The smallest absolute Gasteiger partial charge is 0.172 e. The molecule has 1 heterocycles. The molecule has 1 aromatic carbocycles. The summed E-state index contributed by atoms with van der Waals surface area (Å²) in [4.78, 5) is 12.4. The van der Waals surface area contributed by atoms with E-state index in [1.807, 2.05) is 6.92 Å². The number of hydrogen-bond acceptors (Lipinski definition) is 4. The molecule has 2 atom stereocenters. The molecule has 1 aliphatic heterocycles.